The zero-order chi connectivity index (χ0) is 22.9. The Kier molecular flexibility index (Phi) is 5.18. The summed E-state index contributed by atoms with van der Waals surface area (Å²) in [5.74, 6) is -0.862. The Balaban J connectivity index is 1.37. The molecule has 0 saturated carbocycles. The average Bonchev–Trinajstić information content (AvgIpc) is 3.24. The van der Waals surface area contributed by atoms with Gasteiger partial charge in [0.1, 0.15) is 11.6 Å². The van der Waals surface area contributed by atoms with Crippen LogP contribution in [0.2, 0.25) is 0 Å². The van der Waals surface area contributed by atoms with Crippen molar-refractivity contribution in [3.05, 3.63) is 95.1 Å². The van der Waals surface area contributed by atoms with Crippen LogP contribution in [0.1, 0.15) is 31.8 Å². The Morgan fingerprint density at radius 3 is 2.76 bits per heavy atom. The smallest absolute Gasteiger partial charge is 0.259 e. The monoisotopic (exact) mass is 441 g/mol. The molecule has 164 valence electrons. The molecule has 1 aliphatic heterocycles. The lowest BCUT2D eigenvalue weighted by atomic mass is 10.1. The van der Waals surface area contributed by atoms with E-state index in [1.165, 1.54) is 18.3 Å². The molecule has 2 amide bonds. The summed E-state index contributed by atoms with van der Waals surface area (Å²) < 4.78 is 13.5. The average molecular weight is 441 g/mol. The van der Waals surface area contributed by atoms with E-state index in [9.17, 15) is 14.0 Å². The van der Waals surface area contributed by atoms with Crippen molar-refractivity contribution in [2.75, 3.05) is 16.8 Å². The summed E-state index contributed by atoms with van der Waals surface area (Å²) in [6, 6.07) is 14.9. The van der Waals surface area contributed by atoms with Gasteiger partial charge in [0.25, 0.3) is 11.8 Å². The number of nitrogens with zero attached hydrogens (tertiary/aromatic N) is 3. The van der Waals surface area contributed by atoms with Gasteiger partial charge in [0.15, 0.2) is 0 Å². The lowest BCUT2D eigenvalue weighted by Gasteiger charge is -2.23. The minimum absolute atomic E-state index is 0.188. The van der Waals surface area contributed by atoms with Crippen LogP contribution < -0.4 is 10.2 Å². The van der Waals surface area contributed by atoms with E-state index in [1.807, 2.05) is 24.3 Å². The van der Waals surface area contributed by atoms with Crippen molar-refractivity contribution in [1.29, 1.82) is 0 Å². The highest BCUT2D eigenvalue weighted by Gasteiger charge is 2.26. The van der Waals surface area contributed by atoms with Gasteiger partial charge in [-0.1, -0.05) is 24.3 Å². The Labute approximate surface area is 189 Å². The Hall–Kier alpha value is -4.33. The maximum atomic E-state index is 13.5. The second kappa shape index (κ2) is 8.31. The van der Waals surface area contributed by atoms with Crippen molar-refractivity contribution in [2.24, 2.45) is 0 Å². The van der Waals surface area contributed by atoms with E-state index in [0.29, 0.717) is 24.1 Å². The Bertz CT molecular complexity index is 1360. The van der Waals surface area contributed by atoms with Crippen LogP contribution in [0, 0.1) is 12.7 Å². The molecule has 0 saturated heterocycles. The van der Waals surface area contributed by atoms with Crippen molar-refractivity contribution < 1.29 is 14.0 Å². The van der Waals surface area contributed by atoms with E-state index >= 15 is 0 Å². The predicted octanol–water partition coefficient (Wildman–Crippen LogP) is 4.37. The molecule has 0 spiro atoms. The van der Waals surface area contributed by atoms with Crippen LogP contribution in [0.5, 0.6) is 0 Å². The molecule has 0 atom stereocenters. The summed E-state index contributed by atoms with van der Waals surface area (Å²) in [5, 5.41) is 9.83. The van der Waals surface area contributed by atoms with Gasteiger partial charge in [0.05, 0.1) is 23.1 Å². The molecule has 3 heterocycles. The van der Waals surface area contributed by atoms with Gasteiger partial charge in [-0.05, 0) is 54.8 Å². The van der Waals surface area contributed by atoms with Crippen LogP contribution in [-0.4, -0.2) is 33.5 Å². The number of fused-ring (bicyclic) bond motifs is 3. The number of benzene rings is 2. The first kappa shape index (κ1) is 20.6. The van der Waals surface area contributed by atoms with Crippen LogP contribution in [0.25, 0.3) is 11.3 Å². The summed E-state index contributed by atoms with van der Waals surface area (Å²) >= 11 is 0. The van der Waals surface area contributed by atoms with E-state index < -0.39 is 11.7 Å². The number of para-hydroxylation sites is 1. The summed E-state index contributed by atoms with van der Waals surface area (Å²) in [6.07, 6.45) is 3.89. The van der Waals surface area contributed by atoms with Crippen molar-refractivity contribution >= 4 is 23.3 Å². The van der Waals surface area contributed by atoms with Gasteiger partial charge in [-0.25, -0.2) is 9.37 Å². The first-order valence-electron chi connectivity index (χ1n) is 10.5. The molecule has 0 unspecified atom stereocenters. The van der Waals surface area contributed by atoms with Gasteiger partial charge in [-0.2, -0.15) is 5.10 Å². The van der Waals surface area contributed by atoms with Crippen LogP contribution in [0.4, 0.5) is 15.9 Å². The molecular formula is C25H20FN5O2. The number of H-pyrrole nitrogens is 1. The number of carbonyl (C=O) groups is 2. The highest BCUT2D eigenvalue weighted by molar-refractivity contribution is 6.09. The summed E-state index contributed by atoms with van der Waals surface area (Å²) in [5.41, 5.74) is 4.97. The second-order valence-electron chi connectivity index (χ2n) is 7.84. The lowest BCUT2D eigenvalue weighted by molar-refractivity contribution is 0.0986. The fourth-order valence-electron chi connectivity index (χ4n) is 3.99. The Morgan fingerprint density at radius 2 is 1.94 bits per heavy atom. The summed E-state index contributed by atoms with van der Waals surface area (Å²) in [4.78, 5) is 31.8. The third-order valence-electron chi connectivity index (χ3n) is 5.73. The van der Waals surface area contributed by atoms with Gasteiger partial charge in [-0.15, -0.1) is 0 Å². The van der Waals surface area contributed by atoms with Crippen LogP contribution in [0.3, 0.4) is 0 Å². The van der Waals surface area contributed by atoms with Crippen molar-refractivity contribution in [2.45, 2.75) is 13.3 Å². The largest absolute Gasteiger partial charge is 0.307 e. The number of pyridine rings is 1. The van der Waals surface area contributed by atoms with Crippen molar-refractivity contribution in [3.63, 3.8) is 0 Å². The van der Waals surface area contributed by atoms with Crippen LogP contribution in [0.15, 0.2) is 67.0 Å². The lowest BCUT2D eigenvalue weighted by Crippen LogP contribution is -2.32. The molecular weight excluding hydrogens is 421 g/mol. The van der Waals surface area contributed by atoms with Gasteiger partial charge >= 0.3 is 0 Å². The summed E-state index contributed by atoms with van der Waals surface area (Å²) in [7, 11) is 0. The zero-order valence-corrected chi connectivity index (χ0v) is 17.8. The number of rotatable bonds is 3. The molecule has 1 aliphatic rings. The zero-order valence-electron chi connectivity index (χ0n) is 17.8. The van der Waals surface area contributed by atoms with Gasteiger partial charge in [0.2, 0.25) is 0 Å². The second-order valence-corrected chi connectivity index (χ2v) is 7.84. The predicted molar refractivity (Wildman–Crippen MR) is 123 cm³/mol. The number of aromatic amines is 1. The molecule has 0 fully saturated rings. The number of aryl methyl sites for hydroxylation is 1. The molecule has 8 heteroatoms. The molecule has 4 aromatic rings. The highest BCUT2D eigenvalue weighted by Crippen LogP contribution is 2.35. The van der Waals surface area contributed by atoms with Gasteiger partial charge in [0, 0.05) is 23.9 Å². The molecule has 2 N–H and O–H groups in total. The topological polar surface area (TPSA) is 91.0 Å². The number of hydrogen-bond donors (Lipinski definition) is 2. The van der Waals surface area contributed by atoms with Gasteiger partial charge < -0.3 is 10.2 Å². The minimum Gasteiger partial charge on any atom is -0.307 e. The van der Waals surface area contributed by atoms with Crippen molar-refractivity contribution in [3.8, 4) is 11.3 Å². The SMILES string of the molecule is Cc1ccc(F)cc1C(=O)Nc1ccc(C(=O)N2CCc3cn[nH]c3-c3ccccc32)cn1. The quantitative estimate of drug-likeness (QED) is 0.494. The van der Waals surface area contributed by atoms with E-state index in [1.54, 1.807) is 36.2 Å². The van der Waals surface area contributed by atoms with Crippen LogP contribution >= 0.6 is 0 Å². The molecule has 2 aromatic heterocycles. The molecule has 33 heavy (non-hydrogen) atoms. The molecule has 2 aromatic carbocycles. The first-order chi connectivity index (χ1) is 16.0. The Morgan fingerprint density at radius 1 is 1.09 bits per heavy atom. The van der Waals surface area contributed by atoms with E-state index in [0.717, 1.165) is 22.5 Å². The van der Waals surface area contributed by atoms with E-state index in [-0.39, 0.29) is 17.3 Å². The molecule has 0 bridgehead atoms. The summed E-state index contributed by atoms with van der Waals surface area (Å²) in [6.45, 7) is 2.23. The third kappa shape index (κ3) is 3.87. The number of carbonyl (C=O) groups excluding carboxylic acids is 2. The maximum absolute atomic E-state index is 13.5. The standard InChI is InChI=1S/C25H20FN5O2/c1-15-6-8-18(26)12-20(15)24(32)29-22-9-7-17(13-27-22)25(33)31-11-10-16-14-28-30-23(16)19-4-2-3-5-21(19)31/h2-9,12-14H,10-11H2,1H3,(H,28,30)(H,27,29,32). The number of hydrogen-bond acceptors (Lipinski definition) is 4. The minimum atomic E-state index is -0.487. The van der Waals surface area contributed by atoms with Gasteiger partial charge in [-0.3, -0.25) is 14.7 Å². The highest BCUT2D eigenvalue weighted by atomic mass is 19.1. The fourth-order valence-corrected chi connectivity index (χ4v) is 3.99. The molecule has 7 nitrogen and oxygen atoms in total. The van der Waals surface area contributed by atoms with E-state index in [2.05, 4.69) is 20.5 Å². The fraction of sp³-hybridized carbons (Fsp3) is 0.120. The number of nitrogens with one attached hydrogen (secondary N) is 2. The van der Waals surface area contributed by atoms with E-state index in [4.69, 9.17) is 0 Å². The molecule has 5 rings (SSSR count). The molecule has 0 aliphatic carbocycles. The molecule has 0 radical (unpaired) electrons. The third-order valence-corrected chi connectivity index (χ3v) is 5.73. The number of aromatic nitrogens is 3. The maximum Gasteiger partial charge on any atom is 0.259 e. The van der Waals surface area contributed by atoms with Crippen LogP contribution in [-0.2, 0) is 6.42 Å². The number of halogens is 1. The first-order valence-corrected chi connectivity index (χ1v) is 10.5. The number of amides is 2. The van der Waals surface area contributed by atoms with Crippen molar-refractivity contribution in [1.82, 2.24) is 15.2 Å². The normalized spacial score (nSPS) is 12.5. The number of anilines is 2.